The second kappa shape index (κ2) is 8.47. The zero-order chi connectivity index (χ0) is 17.6. The van der Waals surface area contributed by atoms with Gasteiger partial charge in [0.1, 0.15) is 11.4 Å². The lowest BCUT2D eigenvalue weighted by atomic mass is 9.75. The third-order valence-corrected chi connectivity index (χ3v) is 4.90. The van der Waals surface area contributed by atoms with E-state index in [4.69, 9.17) is 4.74 Å². The monoisotopic (exact) mass is 333 g/mol. The predicted molar refractivity (Wildman–Crippen MR) is 96.4 cm³/mol. The minimum absolute atomic E-state index is 0.180. The molecule has 134 valence electrons. The highest BCUT2D eigenvalue weighted by Crippen LogP contribution is 2.34. The van der Waals surface area contributed by atoms with E-state index in [2.05, 4.69) is 36.0 Å². The number of nitrogens with zero attached hydrogens (tertiary/aromatic N) is 2. The first-order valence-electron chi connectivity index (χ1n) is 8.93. The van der Waals surface area contributed by atoms with Crippen molar-refractivity contribution in [3.05, 3.63) is 24.0 Å². The van der Waals surface area contributed by atoms with E-state index < -0.39 is 0 Å². The Kier molecular flexibility index (Phi) is 6.60. The first kappa shape index (κ1) is 18.7. The van der Waals surface area contributed by atoms with Crippen LogP contribution in [0.2, 0.25) is 0 Å². The molecule has 1 saturated heterocycles. The van der Waals surface area contributed by atoms with Crippen LogP contribution in [0.15, 0.2) is 18.3 Å². The van der Waals surface area contributed by atoms with Crippen LogP contribution in [0.1, 0.15) is 50.5 Å². The van der Waals surface area contributed by atoms with E-state index in [1.807, 2.05) is 0 Å². The first-order chi connectivity index (χ1) is 11.4. The van der Waals surface area contributed by atoms with Gasteiger partial charge in [0.05, 0.1) is 12.8 Å². The van der Waals surface area contributed by atoms with Gasteiger partial charge in [-0.2, -0.15) is 0 Å². The molecule has 1 N–H and O–H groups in total. The summed E-state index contributed by atoms with van der Waals surface area (Å²) in [5.74, 6) is 1.38. The van der Waals surface area contributed by atoms with Crippen molar-refractivity contribution < 1.29 is 9.53 Å². The Morgan fingerprint density at radius 1 is 1.33 bits per heavy atom. The summed E-state index contributed by atoms with van der Waals surface area (Å²) in [6, 6.07) is 3.48. The zero-order valence-corrected chi connectivity index (χ0v) is 15.5. The maximum atomic E-state index is 11.4. The van der Waals surface area contributed by atoms with E-state index in [1.165, 1.54) is 25.9 Å². The van der Waals surface area contributed by atoms with Crippen molar-refractivity contribution in [3.63, 3.8) is 0 Å². The van der Waals surface area contributed by atoms with Gasteiger partial charge in [-0.15, -0.1) is 0 Å². The lowest BCUT2D eigenvalue weighted by Gasteiger charge is -2.38. The van der Waals surface area contributed by atoms with Gasteiger partial charge in [0.15, 0.2) is 0 Å². The Morgan fingerprint density at radius 2 is 2.04 bits per heavy atom. The van der Waals surface area contributed by atoms with Gasteiger partial charge in [-0.05, 0) is 55.8 Å². The molecule has 2 heterocycles. The molecule has 1 fully saturated rings. The van der Waals surface area contributed by atoms with Gasteiger partial charge in [-0.25, -0.2) is 4.98 Å². The highest BCUT2D eigenvalue weighted by molar-refractivity contribution is 5.91. The van der Waals surface area contributed by atoms with Crippen LogP contribution in [0.25, 0.3) is 0 Å². The van der Waals surface area contributed by atoms with Crippen LogP contribution in [0.4, 0.5) is 0 Å². The smallest absolute Gasteiger partial charge is 0.269 e. The van der Waals surface area contributed by atoms with Crippen molar-refractivity contribution >= 4 is 5.91 Å². The van der Waals surface area contributed by atoms with Crippen LogP contribution in [0.5, 0.6) is 5.75 Å². The Hall–Kier alpha value is -1.62. The molecular weight excluding hydrogens is 302 g/mol. The van der Waals surface area contributed by atoms with Gasteiger partial charge in [-0.3, -0.25) is 4.79 Å². The van der Waals surface area contributed by atoms with Gasteiger partial charge in [-0.1, -0.05) is 20.8 Å². The van der Waals surface area contributed by atoms with Crippen molar-refractivity contribution in [3.8, 4) is 5.75 Å². The molecule has 0 bridgehead atoms. The molecule has 1 aliphatic heterocycles. The number of piperidine rings is 1. The maximum absolute atomic E-state index is 11.4. The normalized spacial score (nSPS) is 16.8. The summed E-state index contributed by atoms with van der Waals surface area (Å²) in [6.45, 7) is 11.2. The number of nitrogens with one attached hydrogen (secondary N) is 1. The number of carbonyl (C=O) groups excluding carboxylic acids is 1. The molecule has 0 aromatic carbocycles. The number of pyridine rings is 1. The van der Waals surface area contributed by atoms with Crippen molar-refractivity contribution in [1.82, 2.24) is 15.2 Å². The highest BCUT2D eigenvalue weighted by atomic mass is 16.5. The average molecular weight is 333 g/mol. The molecule has 0 aliphatic carbocycles. The van der Waals surface area contributed by atoms with Gasteiger partial charge in [0.25, 0.3) is 5.91 Å². The minimum atomic E-state index is -0.180. The third kappa shape index (κ3) is 5.48. The van der Waals surface area contributed by atoms with E-state index in [9.17, 15) is 4.79 Å². The quantitative estimate of drug-likeness (QED) is 0.813. The fourth-order valence-electron chi connectivity index (χ4n) is 3.23. The second-order valence-electron chi connectivity index (χ2n) is 7.64. The van der Waals surface area contributed by atoms with Crippen molar-refractivity contribution in [1.29, 1.82) is 0 Å². The molecule has 5 nitrogen and oxygen atoms in total. The second-order valence-corrected chi connectivity index (χ2v) is 7.64. The van der Waals surface area contributed by atoms with Crippen molar-refractivity contribution in [2.24, 2.45) is 11.3 Å². The van der Waals surface area contributed by atoms with E-state index in [-0.39, 0.29) is 5.91 Å². The molecule has 1 aliphatic rings. The first-order valence-corrected chi connectivity index (χ1v) is 8.93. The molecule has 0 radical (unpaired) electrons. The van der Waals surface area contributed by atoms with E-state index in [0.717, 1.165) is 18.9 Å². The number of carbonyl (C=O) groups is 1. The summed E-state index contributed by atoms with van der Waals surface area (Å²) in [6.07, 6.45) is 5.22. The lowest BCUT2D eigenvalue weighted by Crippen LogP contribution is -2.38. The summed E-state index contributed by atoms with van der Waals surface area (Å²) < 4.78 is 5.72. The summed E-state index contributed by atoms with van der Waals surface area (Å²) in [7, 11) is 1.60. The van der Waals surface area contributed by atoms with Gasteiger partial charge >= 0.3 is 0 Å². The van der Waals surface area contributed by atoms with Crippen LogP contribution in [-0.4, -0.2) is 49.1 Å². The molecule has 0 unspecified atom stereocenters. The predicted octanol–water partition coefficient (Wildman–Crippen LogP) is 2.97. The topological polar surface area (TPSA) is 54.5 Å². The molecule has 0 saturated carbocycles. The Bertz CT molecular complexity index is 514. The summed E-state index contributed by atoms with van der Waals surface area (Å²) in [5, 5.41) is 2.55. The molecular formula is C19H31N3O2. The van der Waals surface area contributed by atoms with Crippen LogP contribution < -0.4 is 10.1 Å². The SMILES string of the molecule is CNC(=O)c1ccc(OCCCN2CCC(C(C)(C)C)CC2)cn1. The van der Waals surface area contributed by atoms with Crippen molar-refractivity contribution in [2.75, 3.05) is 33.3 Å². The number of likely N-dealkylation sites (tertiary alicyclic amines) is 1. The summed E-state index contributed by atoms with van der Waals surface area (Å²) >= 11 is 0. The Labute approximate surface area is 145 Å². The maximum Gasteiger partial charge on any atom is 0.269 e. The molecule has 24 heavy (non-hydrogen) atoms. The van der Waals surface area contributed by atoms with E-state index >= 15 is 0 Å². The lowest BCUT2D eigenvalue weighted by molar-refractivity contribution is 0.0958. The highest BCUT2D eigenvalue weighted by Gasteiger charge is 2.28. The van der Waals surface area contributed by atoms with Crippen molar-refractivity contribution in [2.45, 2.75) is 40.0 Å². The molecule has 0 spiro atoms. The molecule has 5 heteroatoms. The number of hydrogen-bond acceptors (Lipinski definition) is 4. The fraction of sp³-hybridized carbons (Fsp3) is 0.684. The number of ether oxygens (including phenoxy) is 1. The average Bonchev–Trinajstić information content (AvgIpc) is 2.58. The minimum Gasteiger partial charge on any atom is -0.492 e. The number of rotatable bonds is 6. The summed E-state index contributed by atoms with van der Waals surface area (Å²) in [4.78, 5) is 18.1. The van der Waals surface area contributed by atoms with Gasteiger partial charge in [0, 0.05) is 13.6 Å². The zero-order valence-electron chi connectivity index (χ0n) is 15.5. The molecule has 1 amide bonds. The van der Waals surface area contributed by atoms with Gasteiger partial charge < -0.3 is 15.0 Å². The number of amides is 1. The van der Waals surface area contributed by atoms with Crippen LogP contribution in [0.3, 0.4) is 0 Å². The van der Waals surface area contributed by atoms with E-state index in [0.29, 0.717) is 23.5 Å². The Balaban J connectivity index is 1.64. The Morgan fingerprint density at radius 3 is 2.58 bits per heavy atom. The molecule has 1 aromatic rings. The molecule has 2 rings (SSSR count). The fourth-order valence-corrected chi connectivity index (χ4v) is 3.23. The molecule has 0 atom stereocenters. The summed E-state index contributed by atoms with van der Waals surface area (Å²) in [5.41, 5.74) is 0.842. The van der Waals surface area contributed by atoms with E-state index in [1.54, 1.807) is 25.4 Å². The third-order valence-electron chi connectivity index (χ3n) is 4.90. The van der Waals surface area contributed by atoms with Crippen LogP contribution in [0, 0.1) is 11.3 Å². The standard InChI is InChI=1S/C19H31N3O2/c1-19(2,3)15-8-11-22(12-9-15)10-5-13-24-16-6-7-17(21-14-16)18(23)20-4/h6-7,14-15H,5,8-13H2,1-4H3,(H,20,23). The van der Waals surface area contributed by atoms with Crippen LogP contribution in [-0.2, 0) is 0 Å². The molecule has 1 aromatic heterocycles. The van der Waals surface area contributed by atoms with Crippen LogP contribution >= 0.6 is 0 Å². The van der Waals surface area contributed by atoms with Gasteiger partial charge in [0.2, 0.25) is 0 Å². The largest absolute Gasteiger partial charge is 0.492 e. The number of hydrogen-bond donors (Lipinski definition) is 1. The number of aromatic nitrogens is 1.